The van der Waals surface area contributed by atoms with Crippen LogP contribution in [0.1, 0.15) is 5.56 Å². The fourth-order valence-corrected chi connectivity index (χ4v) is 1.19. The normalized spacial score (nSPS) is 10.2. The van der Waals surface area contributed by atoms with Crippen molar-refractivity contribution in [2.75, 3.05) is 4.93 Å². The van der Waals surface area contributed by atoms with Crippen LogP contribution in [-0.4, -0.2) is 17.9 Å². The van der Waals surface area contributed by atoms with Crippen molar-refractivity contribution >= 4 is 32.7 Å². The summed E-state index contributed by atoms with van der Waals surface area (Å²) in [5.74, 6) is 0. The maximum absolute atomic E-state index is 10.5. The van der Waals surface area contributed by atoms with Crippen LogP contribution in [0.5, 0.6) is 0 Å². The molecular weight excluding hydrogens is 301 g/mol. The van der Waals surface area contributed by atoms with E-state index in [9.17, 15) is 8.42 Å². The predicted molar refractivity (Wildman–Crippen MR) is 60.9 cm³/mol. The molecule has 1 rings (SSSR count). The summed E-state index contributed by atoms with van der Waals surface area (Å²) < 4.78 is 29.6. The lowest BCUT2D eigenvalue weighted by Gasteiger charge is -1.95. The Morgan fingerprint density at radius 1 is 1.15 bits per heavy atom. The quantitative estimate of drug-likeness (QED) is 0.492. The van der Waals surface area contributed by atoms with Gasteiger partial charge in [0.1, 0.15) is 0 Å². The Labute approximate surface area is 92.1 Å². The molecule has 13 heavy (non-hydrogen) atoms. The largest absolute Gasteiger partial charge is 0.294 e. The molecule has 0 heterocycles. The molecule has 0 amide bonds. The Bertz CT molecular complexity index is 342. The van der Waals surface area contributed by atoms with E-state index in [0.29, 0.717) is 0 Å². The van der Waals surface area contributed by atoms with Gasteiger partial charge in [0.25, 0.3) is 10.1 Å². The molecule has 0 aliphatic carbocycles. The van der Waals surface area contributed by atoms with Gasteiger partial charge in [-0.2, -0.15) is 8.42 Å². The first-order valence-electron chi connectivity index (χ1n) is 3.42. The van der Waals surface area contributed by atoms with Crippen molar-refractivity contribution in [3.8, 4) is 0 Å². The van der Waals surface area contributed by atoms with E-state index in [1.807, 2.05) is 11.9 Å². The van der Waals surface area contributed by atoms with Gasteiger partial charge in [0.05, 0.1) is 4.90 Å². The van der Waals surface area contributed by atoms with Gasteiger partial charge in [-0.3, -0.25) is 4.55 Å². The summed E-state index contributed by atoms with van der Waals surface area (Å²) in [6.07, 6.45) is 0. The average molecular weight is 312 g/mol. The summed E-state index contributed by atoms with van der Waals surface area (Å²) in [6, 6.07) is 5.99. The third kappa shape index (κ3) is 4.58. The van der Waals surface area contributed by atoms with Crippen LogP contribution in [0.2, 0.25) is 0 Å². The maximum Gasteiger partial charge on any atom is 0.294 e. The van der Waals surface area contributed by atoms with Crippen LogP contribution in [0.15, 0.2) is 29.2 Å². The second-order valence-electron chi connectivity index (χ2n) is 2.29. The second-order valence-corrected chi connectivity index (χ2v) is 3.71. The van der Waals surface area contributed by atoms with E-state index in [1.165, 1.54) is 12.1 Å². The standard InChI is InChI=1S/C7H8O3S.CH3I/c1-6-2-4-7(5-3-6)11(8,9)10;1-2/h2-5H,1H3,(H,8,9,10);1H3/i;2-2. The van der Waals surface area contributed by atoms with E-state index < -0.39 is 10.1 Å². The van der Waals surface area contributed by atoms with E-state index >= 15 is 0 Å². The van der Waals surface area contributed by atoms with Crippen LogP contribution >= 0.6 is 22.6 Å². The summed E-state index contributed by atoms with van der Waals surface area (Å²) >= 11 is 2.15. The molecule has 5 heteroatoms. The van der Waals surface area contributed by atoms with Crippen LogP contribution in [0.3, 0.4) is 0 Å². The van der Waals surface area contributed by atoms with Crippen molar-refractivity contribution in [1.29, 1.82) is 0 Å². The molecule has 3 nitrogen and oxygen atoms in total. The van der Waals surface area contributed by atoms with Gasteiger partial charge in [0, 0.05) is 0 Å². The molecule has 0 bridgehead atoms. The van der Waals surface area contributed by atoms with Gasteiger partial charge in [-0.15, -0.1) is 0 Å². The van der Waals surface area contributed by atoms with Gasteiger partial charge in [-0.05, 0) is 24.0 Å². The molecule has 0 aliphatic rings. The van der Waals surface area contributed by atoms with Crippen molar-refractivity contribution in [1.82, 2.24) is 0 Å². The van der Waals surface area contributed by atoms with Crippen molar-refractivity contribution in [2.45, 2.75) is 11.8 Å². The summed E-state index contributed by atoms with van der Waals surface area (Å²) in [7, 11) is -4.02. The lowest BCUT2D eigenvalue weighted by atomic mass is 10.2. The number of benzene rings is 1. The number of rotatable bonds is 1. The second kappa shape index (κ2) is 5.56. The molecule has 0 spiro atoms. The van der Waals surface area contributed by atoms with E-state index in [1.54, 1.807) is 12.1 Å². The first-order chi connectivity index (χ1) is 6.00. The Morgan fingerprint density at radius 2 is 1.54 bits per heavy atom. The molecule has 1 aromatic rings. The molecule has 0 aliphatic heterocycles. The van der Waals surface area contributed by atoms with E-state index in [0.717, 1.165) is 5.56 Å². The third-order valence-corrected chi connectivity index (χ3v) is 2.19. The third-order valence-electron chi connectivity index (χ3n) is 1.32. The highest BCUT2D eigenvalue weighted by molar-refractivity contribution is 14.1. The first kappa shape index (κ1) is 12.9. The average Bonchev–Trinajstić information content (AvgIpc) is 2.07. The predicted octanol–water partition coefficient (Wildman–Crippen LogP) is 2.29. The molecule has 0 saturated heterocycles. The van der Waals surface area contributed by atoms with Crippen LogP contribution in [0.4, 0.5) is 0 Å². The van der Waals surface area contributed by atoms with Crippen molar-refractivity contribution < 1.29 is 13.0 Å². The van der Waals surface area contributed by atoms with Gasteiger partial charge >= 0.3 is 0 Å². The minimum atomic E-state index is -4.02. The van der Waals surface area contributed by atoms with E-state index in [2.05, 4.69) is 22.6 Å². The highest BCUT2D eigenvalue weighted by atomic mass is 125. The Morgan fingerprint density at radius 3 is 1.85 bits per heavy atom. The molecular formula is C8H11IO3S. The smallest absolute Gasteiger partial charge is 0.282 e. The van der Waals surface area contributed by atoms with E-state index in [-0.39, 0.29) is 4.90 Å². The van der Waals surface area contributed by atoms with Crippen molar-refractivity contribution in [2.24, 2.45) is 0 Å². The van der Waals surface area contributed by atoms with Crippen LogP contribution < -0.4 is 0 Å². The lowest BCUT2D eigenvalue weighted by Crippen LogP contribution is -1.96. The zero-order valence-electron chi connectivity index (χ0n) is 7.36. The Hall–Kier alpha value is -0.140. The van der Waals surface area contributed by atoms with Crippen LogP contribution in [-0.2, 0) is 10.1 Å². The maximum atomic E-state index is 10.5. The highest BCUT2D eigenvalue weighted by Gasteiger charge is 2.06. The summed E-state index contributed by atoms with van der Waals surface area (Å²) in [4.78, 5) is 1.90. The molecule has 1 N–H and O–H groups in total. The molecule has 1 aromatic carbocycles. The minimum Gasteiger partial charge on any atom is -0.282 e. The highest BCUT2D eigenvalue weighted by Crippen LogP contribution is 2.08. The summed E-state index contributed by atoms with van der Waals surface area (Å²) in [5, 5.41) is 0. The van der Waals surface area contributed by atoms with Gasteiger partial charge in [0.15, 0.2) is 0 Å². The number of hydrogen-bond acceptors (Lipinski definition) is 2. The number of aryl methyl sites for hydroxylation is 1. The van der Waals surface area contributed by atoms with Gasteiger partial charge in [-0.25, -0.2) is 0 Å². The topological polar surface area (TPSA) is 54.4 Å². The Balaban J connectivity index is 0.000000671. The molecule has 0 fully saturated rings. The fraction of sp³-hybridized carbons (Fsp3) is 0.250. The van der Waals surface area contributed by atoms with Gasteiger partial charge in [-0.1, -0.05) is 40.3 Å². The molecule has 0 radical (unpaired) electrons. The molecule has 0 saturated carbocycles. The number of alkyl halides is 1. The van der Waals surface area contributed by atoms with Gasteiger partial charge < -0.3 is 0 Å². The zero-order valence-corrected chi connectivity index (χ0v) is 10.3. The Kier molecular flexibility index (Phi) is 5.50. The van der Waals surface area contributed by atoms with E-state index in [4.69, 9.17) is 4.55 Å². The summed E-state index contributed by atoms with van der Waals surface area (Å²) in [6.45, 7) is 1.84. The minimum absolute atomic E-state index is 0.0666. The molecule has 0 atom stereocenters. The lowest BCUT2D eigenvalue weighted by molar-refractivity contribution is 0.483. The summed E-state index contributed by atoms with van der Waals surface area (Å²) in [5.41, 5.74) is 0.956. The fourth-order valence-electron chi connectivity index (χ4n) is 0.710. The SMILES string of the molecule is C[125I].Cc1ccc(S(=O)(=O)O)cc1. The zero-order chi connectivity index (χ0) is 10.5. The monoisotopic (exact) mass is 312 g/mol. The number of halogens is 1. The molecule has 0 aromatic heterocycles. The molecule has 74 valence electrons. The van der Waals surface area contributed by atoms with Crippen molar-refractivity contribution in [3.63, 3.8) is 0 Å². The van der Waals surface area contributed by atoms with Crippen molar-refractivity contribution in [3.05, 3.63) is 29.8 Å². The molecule has 0 unspecified atom stereocenters. The number of hydrogen-bond donors (Lipinski definition) is 1. The van der Waals surface area contributed by atoms with Gasteiger partial charge in [0.2, 0.25) is 0 Å². The van der Waals surface area contributed by atoms with Crippen LogP contribution in [0.25, 0.3) is 0 Å². The van der Waals surface area contributed by atoms with Crippen LogP contribution in [0, 0.1) is 6.92 Å². The first-order valence-corrected chi connectivity index (χ1v) is 7.02.